The first-order valence-corrected chi connectivity index (χ1v) is 7.29. The van der Waals surface area contributed by atoms with Gasteiger partial charge in [0.05, 0.1) is 5.92 Å². The highest BCUT2D eigenvalue weighted by molar-refractivity contribution is 5.81. The van der Waals surface area contributed by atoms with Crippen molar-refractivity contribution >= 4 is 11.8 Å². The first-order valence-electron chi connectivity index (χ1n) is 7.29. The molecule has 4 heteroatoms. The van der Waals surface area contributed by atoms with Gasteiger partial charge in [-0.25, -0.2) is 0 Å². The van der Waals surface area contributed by atoms with E-state index < -0.39 is 0 Å². The van der Waals surface area contributed by atoms with E-state index in [1.54, 1.807) is 0 Å². The third-order valence-electron chi connectivity index (χ3n) is 4.00. The molecule has 0 aromatic rings. The fraction of sp³-hybridized carbons (Fsp3) is 0.857. The Bertz CT molecular complexity index is 311. The van der Waals surface area contributed by atoms with Crippen molar-refractivity contribution in [1.82, 2.24) is 9.80 Å². The molecule has 0 radical (unpaired) electrons. The number of rotatable bonds is 3. The van der Waals surface area contributed by atoms with E-state index in [0.29, 0.717) is 13.0 Å². The number of likely N-dealkylation sites (tertiary alicyclic amines) is 2. The maximum atomic E-state index is 12.3. The number of carbonyl (C=O) groups excluding carboxylic acids is 2. The van der Waals surface area contributed by atoms with Crippen LogP contribution in [0.15, 0.2) is 0 Å². The number of piperidine rings is 1. The lowest BCUT2D eigenvalue weighted by Gasteiger charge is -2.34. The third-order valence-corrected chi connectivity index (χ3v) is 4.00. The van der Waals surface area contributed by atoms with Crippen LogP contribution in [0.4, 0.5) is 0 Å². The molecular formula is C14H24N2O2. The van der Waals surface area contributed by atoms with Crippen molar-refractivity contribution in [2.75, 3.05) is 26.2 Å². The van der Waals surface area contributed by atoms with E-state index in [9.17, 15) is 9.59 Å². The van der Waals surface area contributed by atoms with Crippen molar-refractivity contribution in [2.45, 2.75) is 45.4 Å². The Hall–Kier alpha value is -1.06. The summed E-state index contributed by atoms with van der Waals surface area (Å²) in [6.45, 7) is 5.34. The van der Waals surface area contributed by atoms with Gasteiger partial charge in [0.1, 0.15) is 0 Å². The number of nitrogens with zero attached hydrogens (tertiary/aromatic N) is 2. The highest BCUT2D eigenvalue weighted by atomic mass is 16.2. The second-order valence-electron chi connectivity index (χ2n) is 5.46. The quantitative estimate of drug-likeness (QED) is 0.766. The Morgan fingerprint density at radius 3 is 2.39 bits per heavy atom. The van der Waals surface area contributed by atoms with Crippen LogP contribution in [0.2, 0.25) is 0 Å². The molecule has 2 amide bonds. The van der Waals surface area contributed by atoms with Crippen molar-refractivity contribution in [3.05, 3.63) is 0 Å². The van der Waals surface area contributed by atoms with Crippen molar-refractivity contribution in [2.24, 2.45) is 5.92 Å². The van der Waals surface area contributed by atoms with Crippen LogP contribution in [0.5, 0.6) is 0 Å². The van der Waals surface area contributed by atoms with Crippen LogP contribution in [-0.2, 0) is 9.59 Å². The SMILES string of the molecule is CCCC(=O)N1CCCC(C(=O)N2CCCC2)C1. The van der Waals surface area contributed by atoms with Gasteiger partial charge in [0.15, 0.2) is 0 Å². The summed E-state index contributed by atoms with van der Waals surface area (Å²) < 4.78 is 0. The average molecular weight is 252 g/mol. The standard InChI is InChI=1S/C14H24N2O2/c1-2-6-13(17)16-10-5-7-12(11-16)14(18)15-8-3-4-9-15/h12H,2-11H2,1H3. The summed E-state index contributed by atoms with van der Waals surface area (Å²) in [4.78, 5) is 28.1. The van der Waals surface area contributed by atoms with Gasteiger partial charge in [0.25, 0.3) is 0 Å². The van der Waals surface area contributed by atoms with Gasteiger partial charge in [-0.15, -0.1) is 0 Å². The molecule has 2 saturated heterocycles. The van der Waals surface area contributed by atoms with Gasteiger partial charge in [-0.05, 0) is 32.1 Å². The van der Waals surface area contributed by atoms with E-state index in [0.717, 1.165) is 51.7 Å². The van der Waals surface area contributed by atoms with E-state index in [2.05, 4.69) is 0 Å². The molecule has 0 aromatic heterocycles. The molecule has 2 rings (SSSR count). The smallest absolute Gasteiger partial charge is 0.227 e. The van der Waals surface area contributed by atoms with Gasteiger partial charge in [0.2, 0.25) is 11.8 Å². The fourth-order valence-corrected chi connectivity index (χ4v) is 2.97. The Labute approximate surface area is 109 Å². The molecule has 102 valence electrons. The van der Waals surface area contributed by atoms with E-state index in [1.807, 2.05) is 16.7 Å². The lowest BCUT2D eigenvalue weighted by Crippen LogP contribution is -2.46. The van der Waals surface area contributed by atoms with Crippen LogP contribution in [0.25, 0.3) is 0 Å². The summed E-state index contributed by atoms with van der Waals surface area (Å²) in [6.07, 6.45) is 5.70. The zero-order valence-corrected chi connectivity index (χ0v) is 11.4. The lowest BCUT2D eigenvalue weighted by atomic mass is 9.96. The molecule has 0 spiro atoms. The van der Waals surface area contributed by atoms with Gasteiger partial charge in [-0.2, -0.15) is 0 Å². The van der Waals surface area contributed by atoms with Gasteiger partial charge in [-0.1, -0.05) is 6.92 Å². The predicted octanol–water partition coefficient (Wildman–Crippen LogP) is 1.65. The molecule has 1 atom stereocenters. The zero-order chi connectivity index (χ0) is 13.0. The van der Waals surface area contributed by atoms with Crippen LogP contribution in [0.1, 0.15) is 45.4 Å². The van der Waals surface area contributed by atoms with E-state index in [1.165, 1.54) is 0 Å². The van der Waals surface area contributed by atoms with Crippen molar-refractivity contribution < 1.29 is 9.59 Å². The number of amides is 2. The first-order chi connectivity index (χ1) is 8.72. The summed E-state index contributed by atoms with van der Waals surface area (Å²) in [5.74, 6) is 0.551. The molecule has 2 fully saturated rings. The highest BCUT2D eigenvalue weighted by Gasteiger charge is 2.31. The molecule has 0 saturated carbocycles. The molecule has 0 aromatic carbocycles. The summed E-state index contributed by atoms with van der Waals surface area (Å²) in [6, 6.07) is 0. The fourth-order valence-electron chi connectivity index (χ4n) is 2.97. The molecule has 2 heterocycles. The van der Waals surface area contributed by atoms with E-state index >= 15 is 0 Å². The van der Waals surface area contributed by atoms with Crippen molar-refractivity contribution in [3.63, 3.8) is 0 Å². The molecule has 0 aliphatic carbocycles. The molecule has 1 unspecified atom stereocenters. The third kappa shape index (κ3) is 3.03. The van der Waals surface area contributed by atoms with Crippen LogP contribution in [0, 0.1) is 5.92 Å². The van der Waals surface area contributed by atoms with Gasteiger partial charge < -0.3 is 9.80 Å². The normalized spacial score (nSPS) is 24.4. The minimum atomic E-state index is 0.0534. The molecule has 2 aliphatic rings. The number of carbonyl (C=O) groups is 2. The monoisotopic (exact) mass is 252 g/mol. The summed E-state index contributed by atoms with van der Waals surface area (Å²) in [5.41, 5.74) is 0. The molecular weight excluding hydrogens is 228 g/mol. The highest BCUT2D eigenvalue weighted by Crippen LogP contribution is 2.21. The zero-order valence-electron chi connectivity index (χ0n) is 11.4. The van der Waals surface area contributed by atoms with Crippen molar-refractivity contribution in [3.8, 4) is 0 Å². The molecule has 0 bridgehead atoms. The summed E-state index contributed by atoms with van der Waals surface area (Å²) >= 11 is 0. The topological polar surface area (TPSA) is 40.6 Å². The Morgan fingerprint density at radius 2 is 1.72 bits per heavy atom. The van der Waals surface area contributed by atoms with Crippen LogP contribution >= 0.6 is 0 Å². The molecule has 0 N–H and O–H groups in total. The van der Waals surface area contributed by atoms with Gasteiger partial charge in [0, 0.05) is 32.6 Å². The molecule has 4 nitrogen and oxygen atoms in total. The average Bonchev–Trinajstić information content (AvgIpc) is 2.92. The van der Waals surface area contributed by atoms with Gasteiger partial charge in [-0.3, -0.25) is 9.59 Å². The molecule has 18 heavy (non-hydrogen) atoms. The summed E-state index contributed by atoms with van der Waals surface area (Å²) in [5, 5.41) is 0. The Morgan fingerprint density at radius 1 is 1.06 bits per heavy atom. The van der Waals surface area contributed by atoms with Crippen molar-refractivity contribution in [1.29, 1.82) is 0 Å². The summed E-state index contributed by atoms with van der Waals surface area (Å²) in [7, 11) is 0. The van der Waals surface area contributed by atoms with Crippen LogP contribution < -0.4 is 0 Å². The largest absolute Gasteiger partial charge is 0.342 e. The first kappa shape index (κ1) is 13.4. The lowest BCUT2D eigenvalue weighted by molar-refractivity contribution is -0.140. The molecule has 2 aliphatic heterocycles. The maximum Gasteiger partial charge on any atom is 0.227 e. The predicted molar refractivity (Wildman–Crippen MR) is 70.0 cm³/mol. The Kier molecular flexibility index (Phi) is 4.61. The van der Waals surface area contributed by atoms with Crippen LogP contribution in [-0.4, -0.2) is 47.8 Å². The number of hydrogen-bond donors (Lipinski definition) is 0. The maximum absolute atomic E-state index is 12.3. The minimum absolute atomic E-state index is 0.0534. The van der Waals surface area contributed by atoms with E-state index in [-0.39, 0.29) is 17.7 Å². The minimum Gasteiger partial charge on any atom is -0.342 e. The number of hydrogen-bond acceptors (Lipinski definition) is 2. The van der Waals surface area contributed by atoms with Crippen LogP contribution in [0.3, 0.4) is 0 Å². The second kappa shape index (κ2) is 6.21. The van der Waals surface area contributed by atoms with E-state index in [4.69, 9.17) is 0 Å². The Balaban J connectivity index is 1.89. The van der Waals surface area contributed by atoms with Gasteiger partial charge >= 0.3 is 0 Å². The second-order valence-corrected chi connectivity index (χ2v) is 5.46.